The monoisotopic (exact) mass is 257 g/mol. The average Bonchev–Trinajstić information content (AvgIpc) is 2.67. The van der Waals surface area contributed by atoms with E-state index in [4.69, 9.17) is 4.74 Å². The minimum absolute atomic E-state index is 0.348. The zero-order valence-corrected chi connectivity index (χ0v) is 11.6. The summed E-state index contributed by atoms with van der Waals surface area (Å²) in [6.07, 6.45) is 4.05. The Kier molecular flexibility index (Phi) is 3.47. The van der Waals surface area contributed by atoms with Gasteiger partial charge in [0.05, 0.1) is 5.52 Å². The van der Waals surface area contributed by atoms with Gasteiger partial charge >= 0.3 is 6.09 Å². The Morgan fingerprint density at radius 2 is 2.05 bits per heavy atom. The van der Waals surface area contributed by atoms with Crippen LogP contribution in [0.1, 0.15) is 26.3 Å². The van der Waals surface area contributed by atoms with Gasteiger partial charge < -0.3 is 4.74 Å². The molecule has 0 spiro atoms. The maximum absolute atomic E-state index is 12.2. The van der Waals surface area contributed by atoms with E-state index in [0.29, 0.717) is 0 Å². The second-order valence-electron chi connectivity index (χ2n) is 5.51. The number of allylic oxidation sites excluding steroid dienone is 1. The van der Waals surface area contributed by atoms with Crippen molar-refractivity contribution < 1.29 is 9.53 Å². The van der Waals surface area contributed by atoms with Crippen LogP contribution in [0.4, 0.5) is 4.79 Å². The fourth-order valence-corrected chi connectivity index (χ4v) is 2.03. The summed E-state index contributed by atoms with van der Waals surface area (Å²) in [6, 6.07) is 7.82. The SMILES string of the molecule is C=CCc1cn(C(=O)OC(C)(C)C)c2ccccc12. The van der Waals surface area contributed by atoms with E-state index in [0.717, 1.165) is 22.9 Å². The topological polar surface area (TPSA) is 31.2 Å². The van der Waals surface area contributed by atoms with E-state index < -0.39 is 5.60 Å². The highest BCUT2D eigenvalue weighted by atomic mass is 16.6. The quantitative estimate of drug-likeness (QED) is 0.757. The minimum Gasteiger partial charge on any atom is -0.443 e. The predicted octanol–water partition coefficient (Wildman–Crippen LogP) is 4.15. The zero-order chi connectivity index (χ0) is 14.0. The Hall–Kier alpha value is -2.03. The van der Waals surface area contributed by atoms with E-state index in [1.54, 1.807) is 4.57 Å². The summed E-state index contributed by atoms with van der Waals surface area (Å²) in [5.74, 6) is 0. The van der Waals surface area contributed by atoms with E-state index in [1.165, 1.54) is 0 Å². The van der Waals surface area contributed by atoms with Crippen molar-refractivity contribution in [1.29, 1.82) is 0 Å². The molecule has 0 saturated heterocycles. The van der Waals surface area contributed by atoms with E-state index in [2.05, 4.69) is 6.58 Å². The van der Waals surface area contributed by atoms with E-state index in [1.807, 2.05) is 57.3 Å². The summed E-state index contributed by atoms with van der Waals surface area (Å²) in [5.41, 5.74) is 1.45. The van der Waals surface area contributed by atoms with Crippen molar-refractivity contribution in [3.05, 3.63) is 48.7 Å². The number of carbonyl (C=O) groups is 1. The average molecular weight is 257 g/mol. The van der Waals surface area contributed by atoms with Crippen LogP contribution >= 0.6 is 0 Å². The minimum atomic E-state index is -0.499. The van der Waals surface area contributed by atoms with Crippen LogP contribution in [0.15, 0.2) is 43.1 Å². The van der Waals surface area contributed by atoms with Gasteiger partial charge in [-0.3, -0.25) is 4.57 Å². The molecule has 2 aromatic rings. The Balaban J connectivity index is 2.48. The largest absolute Gasteiger partial charge is 0.443 e. The van der Waals surface area contributed by atoms with Crippen LogP contribution in [-0.2, 0) is 11.2 Å². The molecule has 0 aliphatic heterocycles. The van der Waals surface area contributed by atoms with Crippen LogP contribution in [0.5, 0.6) is 0 Å². The summed E-state index contributed by atoms with van der Waals surface area (Å²) in [6.45, 7) is 9.34. The molecule has 19 heavy (non-hydrogen) atoms. The molecule has 3 heteroatoms. The maximum atomic E-state index is 12.2. The molecule has 0 aliphatic rings. The number of ether oxygens (including phenoxy) is 1. The van der Waals surface area contributed by atoms with Crippen molar-refractivity contribution in [2.24, 2.45) is 0 Å². The summed E-state index contributed by atoms with van der Waals surface area (Å²) < 4.78 is 6.99. The Morgan fingerprint density at radius 1 is 1.37 bits per heavy atom. The number of carbonyl (C=O) groups excluding carboxylic acids is 1. The number of aromatic nitrogens is 1. The maximum Gasteiger partial charge on any atom is 0.419 e. The fourth-order valence-electron chi connectivity index (χ4n) is 2.03. The van der Waals surface area contributed by atoms with Gasteiger partial charge in [-0.1, -0.05) is 24.3 Å². The number of nitrogens with zero attached hydrogens (tertiary/aromatic N) is 1. The third-order valence-corrected chi connectivity index (χ3v) is 2.75. The second-order valence-corrected chi connectivity index (χ2v) is 5.51. The van der Waals surface area contributed by atoms with Crippen LogP contribution in [0.3, 0.4) is 0 Å². The van der Waals surface area contributed by atoms with Crippen LogP contribution < -0.4 is 0 Å². The number of benzene rings is 1. The molecule has 1 aromatic carbocycles. The Morgan fingerprint density at radius 3 is 2.68 bits per heavy atom. The number of hydrogen-bond donors (Lipinski definition) is 0. The molecular formula is C16H19NO2. The van der Waals surface area contributed by atoms with Gasteiger partial charge in [-0.2, -0.15) is 0 Å². The number of rotatable bonds is 2. The molecule has 0 amide bonds. The molecule has 0 atom stereocenters. The predicted molar refractivity (Wildman–Crippen MR) is 77.5 cm³/mol. The van der Waals surface area contributed by atoms with Gasteiger partial charge in [-0.15, -0.1) is 6.58 Å². The Bertz CT molecular complexity index is 617. The first-order valence-corrected chi connectivity index (χ1v) is 6.35. The highest BCUT2D eigenvalue weighted by Gasteiger charge is 2.20. The molecule has 1 aromatic heterocycles. The van der Waals surface area contributed by atoms with Gasteiger partial charge in [-0.05, 0) is 38.8 Å². The molecule has 3 nitrogen and oxygen atoms in total. The van der Waals surface area contributed by atoms with Crippen LogP contribution in [-0.4, -0.2) is 16.3 Å². The summed E-state index contributed by atoms with van der Waals surface area (Å²) in [4.78, 5) is 12.2. The summed E-state index contributed by atoms with van der Waals surface area (Å²) >= 11 is 0. The van der Waals surface area contributed by atoms with Gasteiger partial charge in [0.15, 0.2) is 0 Å². The first kappa shape index (κ1) is 13.4. The summed E-state index contributed by atoms with van der Waals surface area (Å²) in [5, 5.41) is 1.06. The van der Waals surface area contributed by atoms with Gasteiger partial charge in [0.2, 0.25) is 0 Å². The van der Waals surface area contributed by atoms with Gasteiger partial charge in [0, 0.05) is 11.6 Å². The molecule has 0 bridgehead atoms. The highest BCUT2D eigenvalue weighted by molar-refractivity contribution is 5.92. The number of hydrogen-bond acceptors (Lipinski definition) is 2. The molecule has 2 rings (SSSR count). The molecule has 0 aliphatic carbocycles. The molecule has 1 heterocycles. The van der Waals surface area contributed by atoms with E-state index in [9.17, 15) is 4.79 Å². The lowest BCUT2D eigenvalue weighted by Crippen LogP contribution is -2.26. The highest BCUT2D eigenvalue weighted by Crippen LogP contribution is 2.23. The summed E-state index contributed by atoms with van der Waals surface area (Å²) in [7, 11) is 0. The lowest BCUT2D eigenvalue weighted by Gasteiger charge is -2.19. The van der Waals surface area contributed by atoms with Crippen molar-refractivity contribution in [3.8, 4) is 0 Å². The Labute approximate surface area is 113 Å². The molecule has 0 radical (unpaired) electrons. The van der Waals surface area contributed by atoms with Crippen LogP contribution in [0.25, 0.3) is 10.9 Å². The normalized spacial score (nSPS) is 11.5. The van der Waals surface area contributed by atoms with Crippen molar-refractivity contribution in [2.75, 3.05) is 0 Å². The first-order chi connectivity index (χ1) is 8.92. The van der Waals surface area contributed by atoms with Gasteiger partial charge in [-0.25, -0.2) is 4.79 Å². The van der Waals surface area contributed by atoms with Crippen LogP contribution in [0.2, 0.25) is 0 Å². The third kappa shape index (κ3) is 2.87. The van der Waals surface area contributed by atoms with E-state index >= 15 is 0 Å². The standard InChI is InChI=1S/C16H19NO2/c1-5-8-12-11-17(15(18)19-16(2,3)4)14-10-7-6-9-13(12)14/h5-7,9-11H,1,8H2,2-4H3. The van der Waals surface area contributed by atoms with Crippen LogP contribution in [0, 0.1) is 0 Å². The van der Waals surface area contributed by atoms with Crippen molar-refractivity contribution in [2.45, 2.75) is 32.8 Å². The van der Waals surface area contributed by atoms with Crippen molar-refractivity contribution >= 4 is 17.0 Å². The lowest BCUT2D eigenvalue weighted by atomic mass is 10.1. The number of para-hydroxylation sites is 1. The second kappa shape index (κ2) is 4.92. The number of fused-ring (bicyclic) bond motifs is 1. The molecule has 0 fully saturated rings. The fraction of sp³-hybridized carbons (Fsp3) is 0.312. The molecule has 0 unspecified atom stereocenters. The van der Waals surface area contributed by atoms with Gasteiger partial charge in [0.1, 0.15) is 5.60 Å². The van der Waals surface area contributed by atoms with Crippen molar-refractivity contribution in [1.82, 2.24) is 4.57 Å². The smallest absolute Gasteiger partial charge is 0.419 e. The molecule has 0 N–H and O–H groups in total. The molecule has 0 saturated carbocycles. The third-order valence-electron chi connectivity index (χ3n) is 2.75. The van der Waals surface area contributed by atoms with E-state index in [-0.39, 0.29) is 6.09 Å². The lowest BCUT2D eigenvalue weighted by molar-refractivity contribution is 0.0544. The van der Waals surface area contributed by atoms with Gasteiger partial charge in [0.25, 0.3) is 0 Å². The zero-order valence-electron chi connectivity index (χ0n) is 11.6. The first-order valence-electron chi connectivity index (χ1n) is 6.35. The van der Waals surface area contributed by atoms with Crippen molar-refractivity contribution in [3.63, 3.8) is 0 Å². The molecular weight excluding hydrogens is 238 g/mol. The molecule has 100 valence electrons.